The van der Waals surface area contributed by atoms with Gasteiger partial charge in [0.15, 0.2) is 5.82 Å². The molecular formula is C13H21N3O2. The molecule has 1 aromatic rings. The fourth-order valence-electron chi connectivity index (χ4n) is 1.81. The lowest BCUT2D eigenvalue weighted by atomic mass is 10.1. The Morgan fingerprint density at radius 3 is 2.50 bits per heavy atom. The third-order valence-corrected chi connectivity index (χ3v) is 2.66. The molecule has 0 aliphatic carbocycles. The minimum Gasteiger partial charge on any atom is -0.478 e. The Balaban J connectivity index is 3.20. The standard InChI is InChI=1S/C13H21N3O2/c1-8(2)7-16(9(3)4)12-11(14)10(13(17)18)5-6-15-12/h5-6,8-9H,7,14H2,1-4H3,(H,17,18). The Kier molecular flexibility index (Phi) is 4.53. The topological polar surface area (TPSA) is 79.5 Å². The molecule has 0 aliphatic heterocycles. The molecule has 0 unspecified atom stereocenters. The van der Waals surface area contributed by atoms with Crippen molar-refractivity contribution in [2.45, 2.75) is 33.7 Å². The highest BCUT2D eigenvalue weighted by atomic mass is 16.4. The van der Waals surface area contributed by atoms with E-state index in [0.29, 0.717) is 11.7 Å². The largest absolute Gasteiger partial charge is 0.478 e. The molecule has 0 saturated carbocycles. The first-order valence-electron chi connectivity index (χ1n) is 6.09. The van der Waals surface area contributed by atoms with Crippen LogP contribution in [0.1, 0.15) is 38.1 Å². The number of nitrogen functional groups attached to an aromatic ring is 1. The van der Waals surface area contributed by atoms with Gasteiger partial charge >= 0.3 is 5.97 Å². The van der Waals surface area contributed by atoms with Crippen LogP contribution in [0.5, 0.6) is 0 Å². The van der Waals surface area contributed by atoms with Crippen LogP contribution >= 0.6 is 0 Å². The zero-order valence-corrected chi connectivity index (χ0v) is 11.3. The van der Waals surface area contributed by atoms with Gasteiger partial charge in [-0.25, -0.2) is 9.78 Å². The third kappa shape index (κ3) is 3.12. The molecule has 0 bridgehead atoms. The van der Waals surface area contributed by atoms with Gasteiger partial charge in [-0.15, -0.1) is 0 Å². The van der Waals surface area contributed by atoms with Crippen LogP contribution in [-0.4, -0.2) is 28.6 Å². The second-order valence-electron chi connectivity index (χ2n) is 5.04. The molecule has 100 valence electrons. The van der Waals surface area contributed by atoms with Crippen LogP contribution in [-0.2, 0) is 0 Å². The normalized spacial score (nSPS) is 11.0. The maximum absolute atomic E-state index is 11.1. The van der Waals surface area contributed by atoms with E-state index in [4.69, 9.17) is 10.8 Å². The molecule has 5 nitrogen and oxygen atoms in total. The summed E-state index contributed by atoms with van der Waals surface area (Å²) in [5.41, 5.74) is 6.26. The Morgan fingerprint density at radius 1 is 1.44 bits per heavy atom. The number of nitrogens with zero attached hydrogens (tertiary/aromatic N) is 2. The highest BCUT2D eigenvalue weighted by Crippen LogP contribution is 2.26. The average Bonchev–Trinajstić information content (AvgIpc) is 2.25. The van der Waals surface area contributed by atoms with Crippen LogP contribution in [0.15, 0.2) is 12.3 Å². The summed E-state index contributed by atoms with van der Waals surface area (Å²) >= 11 is 0. The van der Waals surface area contributed by atoms with Gasteiger partial charge in [-0.1, -0.05) is 13.8 Å². The summed E-state index contributed by atoms with van der Waals surface area (Å²) in [4.78, 5) is 17.3. The zero-order valence-electron chi connectivity index (χ0n) is 11.3. The number of carboxylic acids is 1. The lowest BCUT2D eigenvalue weighted by Crippen LogP contribution is -2.35. The maximum atomic E-state index is 11.1. The highest BCUT2D eigenvalue weighted by molar-refractivity contribution is 5.96. The van der Waals surface area contributed by atoms with Crippen LogP contribution in [0.25, 0.3) is 0 Å². The quantitative estimate of drug-likeness (QED) is 0.839. The molecule has 3 N–H and O–H groups in total. The van der Waals surface area contributed by atoms with Crippen LogP contribution in [0.2, 0.25) is 0 Å². The number of nitrogens with two attached hydrogens (primary N) is 1. The van der Waals surface area contributed by atoms with Crippen molar-refractivity contribution in [2.24, 2.45) is 5.92 Å². The predicted molar refractivity (Wildman–Crippen MR) is 72.9 cm³/mol. The predicted octanol–water partition coefficient (Wildman–Crippen LogP) is 2.23. The number of carbonyl (C=O) groups is 1. The molecule has 1 rings (SSSR count). The van der Waals surface area contributed by atoms with E-state index < -0.39 is 5.97 Å². The molecule has 0 saturated heterocycles. The van der Waals surface area contributed by atoms with E-state index in [1.54, 1.807) is 0 Å². The van der Waals surface area contributed by atoms with Gasteiger partial charge in [0.05, 0.1) is 11.3 Å². The second kappa shape index (κ2) is 5.71. The smallest absolute Gasteiger partial charge is 0.337 e. The number of aromatic carboxylic acids is 1. The molecule has 0 radical (unpaired) electrons. The minimum atomic E-state index is -1.02. The van der Waals surface area contributed by atoms with Crippen molar-refractivity contribution < 1.29 is 9.90 Å². The summed E-state index contributed by atoms with van der Waals surface area (Å²) in [7, 11) is 0. The van der Waals surface area contributed by atoms with E-state index in [9.17, 15) is 4.79 Å². The van der Waals surface area contributed by atoms with Crippen LogP contribution < -0.4 is 10.6 Å². The number of hydrogen-bond donors (Lipinski definition) is 2. The molecule has 0 fully saturated rings. The van der Waals surface area contributed by atoms with Crippen LogP contribution in [0.3, 0.4) is 0 Å². The molecule has 0 aliphatic rings. The summed E-state index contributed by atoms with van der Waals surface area (Å²) < 4.78 is 0. The third-order valence-electron chi connectivity index (χ3n) is 2.66. The number of aromatic nitrogens is 1. The molecule has 0 atom stereocenters. The second-order valence-corrected chi connectivity index (χ2v) is 5.04. The fourth-order valence-corrected chi connectivity index (χ4v) is 1.81. The summed E-state index contributed by atoms with van der Waals surface area (Å²) in [5.74, 6) is -0.0231. The van der Waals surface area contributed by atoms with Gasteiger partial charge < -0.3 is 15.7 Å². The lowest BCUT2D eigenvalue weighted by Gasteiger charge is -2.30. The van der Waals surface area contributed by atoms with Crippen molar-refractivity contribution in [2.75, 3.05) is 17.2 Å². The number of rotatable bonds is 5. The Hall–Kier alpha value is -1.78. The van der Waals surface area contributed by atoms with E-state index in [-0.39, 0.29) is 17.3 Å². The molecule has 18 heavy (non-hydrogen) atoms. The van der Waals surface area contributed by atoms with E-state index in [2.05, 4.69) is 18.8 Å². The maximum Gasteiger partial charge on any atom is 0.337 e. The summed E-state index contributed by atoms with van der Waals surface area (Å²) in [5, 5.41) is 9.07. The van der Waals surface area contributed by atoms with Crippen LogP contribution in [0, 0.1) is 5.92 Å². The summed E-state index contributed by atoms with van der Waals surface area (Å²) in [6.07, 6.45) is 1.49. The molecule has 1 heterocycles. The number of carboxylic acid groups (broad SMARTS) is 1. The van der Waals surface area contributed by atoms with Crippen LogP contribution in [0.4, 0.5) is 11.5 Å². The number of pyridine rings is 1. The molecular weight excluding hydrogens is 230 g/mol. The van der Waals surface area contributed by atoms with Crippen molar-refractivity contribution in [3.63, 3.8) is 0 Å². The number of anilines is 2. The summed E-state index contributed by atoms with van der Waals surface area (Å²) in [6, 6.07) is 1.64. The van der Waals surface area contributed by atoms with Gasteiger partial charge in [-0.3, -0.25) is 0 Å². The van der Waals surface area contributed by atoms with Crippen molar-refractivity contribution in [1.82, 2.24) is 4.98 Å². The van der Waals surface area contributed by atoms with E-state index in [1.165, 1.54) is 12.3 Å². The Labute approximate surface area is 108 Å². The highest BCUT2D eigenvalue weighted by Gasteiger charge is 2.20. The Bertz CT molecular complexity index is 430. The van der Waals surface area contributed by atoms with Crippen molar-refractivity contribution >= 4 is 17.5 Å². The first-order chi connectivity index (χ1) is 8.34. The van der Waals surface area contributed by atoms with Gasteiger partial charge in [0.25, 0.3) is 0 Å². The SMILES string of the molecule is CC(C)CN(c1nccc(C(=O)O)c1N)C(C)C. The average molecular weight is 251 g/mol. The molecule has 0 spiro atoms. The van der Waals surface area contributed by atoms with Gasteiger partial charge in [-0.2, -0.15) is 0 Å². The van der Waals surface area contributed by atoms with Crippen molar-refractivity contribution in [3.8, 4) is 0 Å². The minimum absolute atomic E-state index is 0.106. The van der Waals surface area contributed by atoms with Gasteiger partial charge in [0.2, 0.25) is 0 Å². The van der Waals surface area contributed by atoms with Gasteiger partial charge in [0.1, 0.15) is 0 Å². The monoisotopic (exact) mass is 251 g/mol. The first-order valence-corrected chi connectivity index (χ1v) is 6.09. The van der Waals surface area contributed by atoms with E-state index in [0.717, 1.165) is 6.54 Å². The van der Waals surface area contributed by atoms with Gasteiger partial charge in [0, 0.05) is 18.8 Å². The molecule has 5 heteroatoms. The first kappa shape index (κ1) is 14.3. The van der Waals surface area contributed by atoms with Crippen molar-refractivity contribution in [3.05, 3.63) is 17.8 Å². The summed E-state index contributed by atoms with van der Waals surface area (Å²) in [6.45, 7) is 9.07. The zero-order chi connectivity index (χ0) is 13.9. The lowest BCUT2D eigenvalue weighted by molar-refractivity contribution is 0.0698. The van der Waals surface area contributed by atoms with Gasteiger partial charge in [-0.05, 0) is 25.8 Å². The molecule has 1 aromatic heterocycles. The van der Waals surface area contributed by atoms with E-state index in [1.807, 2.05) is 18.7 Å². The van der Waals surface area contributed by atoms with Crippen molar-refractivity contribution in [1.29, 1.82) is 0 Å². The molecule has 0 aromatic carbocycles. The fraction of sp³-hybridized carbons (Fsp3) is 0.538. The Morgan fingerprint density at radius 2 is 2.06 bits per heavy atom. The van der Waals surface area contributed by atoms with E-state index >= 15 is 0 Å². The molecule has 0 amide bonds. The number of hydrogen-bond acceptors (Lipinski definition) is 4.